The second kappa shape index (κ2) is 15.1. The van der Waals surface area contributed by atoms with Gasteiger partial charge in [-0.05, 0) is 43.9 Å². The second-order valence-electron chi connectivity index (χ2n) is 8.29. The van der Waals surface area contributed by atoms with Gasteiger partial charge in [0.2, 0.25) is 5.91 Å². The highest BCUT2D eigenvalue weighted by Gasteiger charge is 2.23. The molecule has 0 aromatic heterocycles. The van der Waals surface area contributed by atoms with Crippen molar-refractivity contribution >= 4 is 34.4 Å². The number of rotatable bonds is 15. The topological polar surface area (TPSA) is 74.7 Å². The molecule has 0 saturated carbocycles. The van der Waals surface area contributed by atoms with E-state index in [1.807, 2.05) is 32.9 Å². The number of unbranched alkanes of at least 4 members (excludes halogenated alkanes) is 8. The molecular formula is C25H39NO4S. The summed E-state index contributed by atoms with van der Waals surface area (Å²) in [5.74, 6) is -1.44. The van der Waals surface area contributed by atoms with E-state index < -0.39 is 12.5 Å². The minimum absolute atomic E-state index is 0.00394. The van der Waals surface area contributed by atoms with Crippen LogP contribution in [0.1, 0.15) is 87.8 Å². The molecular weight excluding hydrogens is 410 g/mol. The van der Waals surface area contributed by atoms with Gasteiger partial charge in [-0.1, -0.05) is 82.2 Å². The van der Waals surface area contributed by atoms with Gasteiger partial charge in [0.15, 0.2) is 5.12 Å². The number of carboxylic acids is 1. The van der Waals surface area contributed by atoms with Crippen LogP contribution >= 0.6 is 11.8 Å². The lowest BCUT2D eigenvalue weighted by Crippen LogP contribution is -2.38. The quantitative estimate of drug-likeness (QED) is 0.322. The van der Waals surface area contributed by atoms with Crippen molar-refractivity contribution in [3.8, 4) is 0 Å². The van der Waals surface area contributed by atoms with E-state index in [4.69, 9.17) is 0 Å². The van der Waals surface area contributed by atoms with Gasteiger partial charge in [-0.2, -0.15) is 0 Å². The van der Waals surface area contributed by atoms with Crippen LogP contribution in [0.2, 0.25) is 0 Å². The van der Waals surface area contributed by atoms with E-state index in [1.165, 1.54) is 43.4 Å². The Kier molecular flexibility index (Phi) is 13.2. The van der Waals surface area contributed by atoms with E-state index in [1.54, 1.807) is 0 Å². The molecule has 1 amide bonds. The fourth-order valence-corrected chi connectivity index (χ4v) is 4.38. The lowest BCUT2D eigenvalue weighted by Gasteiger charge is -2.25. The van der Waals surface area contributed by atoms with E-state index in [0.29, 0.717) is 12.1 Å². The van der Waals surface area contributed by atoms with Crippen LogP contribution in [0.5, 0.6) is 0 Å². The minimum Gasteiger partial charge on any atom is -0.480 e. The molecule has 31 heavy (non-hydrogen) atoms. The number of aliphatic carboxylic acids is 1. The molecule has 0 bridgehead atoms. The number of carbonyl (C=O) groups excluding carboxylic acids is 2. The molecule has 0 fully saturated rings. The number of aryl methyl sites for hydroxylation is 2. The Bertz CT molecular complexity index is 732. The molecule has 0 spiro atoms. The highest BCUT2D eigenvalue weighted by molar-refractivity contribution is 8.14. The summed E-state index contributed by atoms with van der Waals surface area (Å²) in [5.41, 5.74) is 3.38. The van der Waals surface area contributed by atoms with Crippen molar-refractivity contribution in [2.75, 3.05) is 17.2 Å². The first-order chi connectivity index (χ1) is 14.8. The second-order valence-corrected chi connectivity index (χ2v) is 9.32. The van der Waals surface area contributed by atoms with Crippen LogP contribution in [0.4, 0.5) is 5.69 Å². The number of carbonyl (C=O) groups is 3. The Morgan fingerprint density at radius 3 is 2.00 bits per heavy atom. The maximum absolute atomic E-state index is 12.8. The van der Waals surface area contributed by atoms with Crippen LogP contribution in [0.15, 0.2) is 12.1 Å². The maximum atomic E-state index is 12.8. The zero-order valence-electron chi connectivity index (χ0n) is 19.7. The molecule has 0 heterocycles. The van der Waals surface area contributed by atoms with Crippen LogP contribution < -0.4 is 4.90 Å². The summed E-state index contributed by atoms with van der Waals surface area (Å²) in [6, 6.07) is 3.85. The van der Waals surface area contributed by atoms with Crippen LogP contribution in [0, 0.1) is 20.8 Å². The Morgan fingerprint density at radius 2 is 1.42 bits per heavy atom. The van der Waals surface area contributed by atoms with Crippen LogP contribution in [-0.4, -0.2) is 34.4 Å². The molecule has 0 aliphatic heterocycles. The third-order valence-corrected chi connectivity index (χ3v) is 6.53. The van der Waals surface area contributed by atoms with Gasteiger partial charge < -0.3 is 5.11 Å². The van der Waals surface area contributed by atoms with Crippen molar-refractivity contribution < 1.29 is 19.5 Å². The van der Waals surface area contributed by atoms with Gasteiger partial charge in [0, 0.05) is 6.42 Å². The monoisotopic (exact) mass is 449 g/mol. The van der Waals surface area contributed by atoms with Gasteiger partial charge in [-0.15, -0.1) is 0 Å². The van der Waals surface area contributed by atoms with Crippen molar-refractivity contribution in [3.63, 3.8) is 0 Å². The molecule has 1 aromatic carbocycles. The average Bonchev–Trinajstić information content (AvgIpc) is 2.72. The standard InChI is InChI=1S/C25H39NO4S/c1-5-6-7-8-9-10-11-12-13-14-24(30)31-18-22(27)26(17-23(28)29)25-20(3)16-15-19(2)21(25)4/h15-16H,5-14,17-18H2,1-4H3,(H,28,29). The smallest absolute Gasteiger partial charge is 0.323 e. The third kappa shape index (κ3) is 10.4. The van der Waals surface area contributed by atoms with E-state index in [9.17, 15) is 19.5 Å². The first kappa shape index (κ1) is 27.2. The maximum Gasteiger partial charge on any atom is 0.323 e. The molecule has 1 aromatic rings. The summed E-state index contributed by atoms with van der Waals surface area (Å²) in [7, 11) is 0. The predicted octanol–water partition coefficient (Wildman–Crippen LogP) is 6.21. The Balaban J connectivity index is 2.46. The lowest BCUT2D eigenvalue weighted by molar-refractivity contribution is -0.136. The number of hydrogen-bond donors (Lipinski definition) is 1. The minimum atomic E-state index is -1.07. The number of hydrogen-bond acceptors (Lipinski definition) is 4. The third-order valence-electron chi connectivity index (χ3n) is 5.61. The van der Waals surface area contributed by atoms with Crippen molar-refractivity contribution in [2.24, 2.45) is 0 Å². The van der Waals surface area contributed by atoms with Gasteiger partial charge in [0.25, 0.3) is 0 Å². The van der Waals surface area contributed by atoms with Gasteiger partial charge >= 0.3 is 5.97 Å². The van der Waals surface area contributed by atoms with Crippen molar-refractivity contribution in [1.82, 2.24) is 0 Å². The number of carboxylic acid groups (broad SMARTS) is 1. The highest BCUT2D eigenvalue weighted by atomic mass is 32.2. The van der Waals surface area contributed by atoms with E-state index in [2.05, 4.69) is 6.92 Å². The van der Waals surface area contributed by atoms with Crippen molar-refractivity contribution in [3.05, 3.63) is 28.8 Å². The number of anilines is 1. The Morgan fingerprint density at radius 1 is 0.871 bits per heavy atom. The van der Waals surface area contributed by atoms with Gasteiger partial charge in [0.1, 0.15) is 6.54 Å². The summed E-state index contributed by atoms with van der Waals surface area (Å²) < 4.78 is 0. The van der Waals surface area contributed by atoms with Crippen LogP contribution in [-0.2, 0) is 14.4 Å². The zero-order chi connectivity index (χ0) is 23.2. The molecule has 1 N–H and O–H groups in total. The first-order valence-electron chi connectivity index (χ1n) is 11.5. The van der Waals surface area contributed by atoms with Gasteiger partial charge in [0.05, 0.1) is 11.4 Å². The average molecular weight is 450 g/mol. The largest absolute Gasteiger partial charge is 0.480 e. The SMILES string of the molecule is CCCCCCCCCCCC(=O)SCC(=O)N(CC(=O)O)c1c(C)ccc(C)c1C. The summed E-state index contributed by atoms with van der Waals surface area (Å²) in [6.45, 7) is 7.51. The molecule has 0 aliphatic carbocycles. The number of benzene rings is 1. The lowest BCUT2D eigenvalue weighted by atomic mass is 10.0. The fraction of sp³-hybridized carbons (Fsp3) is 0.640. The molecule has 6 heteroatoms. The normalized spacial score (nSPS) is 10.8. The molecule has 0 aliphatic rings. The molecule has 174 valence electrons. The molecule has 0 atom stereocenters. The Hall–Kier alpha value is -1.82. The first-order valence-corrected chi connectivity index (χ1v) is 12.5. The number of thioether (sulfide) groups is 1. The highest BCUT2D eigenvalue weighted by Crippen LogP contribution is 2.28. The van der Waals surface area contributed by atoms with E-state index in [-0.39, 0.29) is 16.8 Å². The van der Waals surface area contributed by atoms with Crippen molar-refractivity contribution in [1.29, 1.82) is 0 Å². The van der Waals surface area contributed by atoms with E-state index in [0.717, 1.165) is 47.7 Å². The van der Waals surface area contributed by atoms with E-state index >= 15 is 0 Å². The summed E-state index contributed by atoms with van der Waals surface area (Å²) in [4.78, 5) is 37.7. The van der Waals surface area contributed by atoms with Crippen molar-refractivity contribution in [2.45, 2.75) is 91.9 Å². The zero-order valence-corrected chi connectivity index (χ0v) is 20.5. The molecule has 0 unspecified atom stereocenters. The number of amides is 1. The summed E-state index contributed by atoms with van der Waals surface area (Å²) in [5, 5.41) is 9.31. The van der Waals surface area contributed by atoms with Crippen LogP contribution in [0.25, 0.3) is 0 Å². The summed E-state index contributed by atoms with van der Waals surface area (Å²) >= 11 is 1.00. The van der Waals surface area contributed by atoms with Gasteiger partial charge in [-0.25, -0.2) is 0 Å². The van der Waals surface area contributed by atoms with Crippen LogP contribution in [0.3, 0.4) is 0 Å². The molecule has 5 nitrogen and oxygen atoms in total. The molecule has 0 radical (unpaired) electrons. The molecule has 1 rings (SSSR count). The Labute approximate surface area is 192 Å². The molecule has 0 saturated heterocycles. The fourth-order valence-electron chi connectivity index (χ4n) is 3.65. The number of nitrogens with zero attached hydrogens (tertiary/aromatic N) is 1. The van der Waals surface area contributed by atoms with Gasteiger partial charge in [-0.3, -0.25) is 19.3 Å². The summed E-state index contributed by atoms with van der Waals surface area (Å²) in [6.07, 6.45) is 11.2. The predicted molar refractivity (Wildman–Crippen MR) is 130 cm³/mol.